The summed E-state index contributed by atoms with van der Waals surface area (Å²) < 4.78 is 4.42. The zero-order valence-corrected chi connectivity index (χ0v) is 23.4. The molecule has 0 aliphatic rings. The van der Waals surface area contributed by atoms with Crippen molar-refractivity contribution in [3.05, 3.63) is 140 Å². The van der Waals surface area contributed by atoms with Gasteiger partial charge in [0.2, 0.25) is 5.95 Å². The highest BCUT2D eigenvalue weighted by atomic mass is 15.2. The molecular formula is C37H23N7. The van der Waals surface area contributed by atoms with Crippen molar-refractivity contribution in [2.75, 3.05) is 0 Å². The summed E-state index contributed by atoms with van der Waals surface area (Å²) >= 11 is 0. The molecular weight excluding hydrogens is 542 g/mol. The fraction of sp³-hybridized carbons (Fsp3) is 0. The maximum atomic E-state index is 5.08. The summed E-state index contributed by atoms with van der Waals surface area (Å²) in [6.45, 7) is 0. The lowest BCUT2D eigenvalue weighted by Gasteiger charge is -2.11. The van der Waals surface area contributed by atoms with Crippen molar-refractivity contribution in [3.8, 4) is 34.4 Å². The van der Waals surface area contributed by atoms with Crippen LogP contribution in [0.1, 0.15) is 0 Å². The van der Waals surface area contributed by atoms with Crippen LogP contribution in [0.4, 0.5) is 0 Å². The van der Waals surface area contributed by atoms with E-state index < -0.39 is 0 Å². The van der Waals surface area contributed by atoms with Crippen LogP contribution in [-0.2, 0) is 0 Å². The first-order chi connectivity index (χ1) is 21.8. The molecule has 5 aromatic carbocycles. The van der Waals surface area contributed by atoms with E-state index in [4.69, 9.17) is 15.0 Å². The Morgan fingerprint density at radius 1 is 0.386 bits per heavy atom. The third-order valence-corrected chi connectivity index (χ3v) is 8.18. The second-order valence-electron chi connectivity index (χ2n) is 10.7. The molecule has 206 valence electrons. The smallest absolute Gasteiger partial charge is 0.238 e. The lowest BCUT2D eigenvalue weighted by atomic mass is 10.1. The molecule has 0 aliphatic carbocycles. The van der Waals surface area contributed by atoms with Gasteiger partial charge in [-0.3, -0.25) is 4.57 Å². The predicted molar refractivity (Wildman–Crippen MR) is 175 cm³/mol. The van der Waals surface area contributed by atoms with Gasteiger partial charge in [-0.25, -0.2) is 4.98 Å². The molecule has 0 spiro atoms. The molecule has 0 atom stereocenters. The van der Waals surface area contributed by atoms with E-state index in [1.807, 2.05) is 79.1 Å². The summed E-state index contributed by atoms with van der Waals surface area (Å²) in [6, 6.07) is 43.3. The average molecular weight is 566 g/mol. The highest BCUT2D eigenvalue weighted by Gasteiger charge is 2.22. The second-order valence-corrected chi connectivity index (χ2v) is 10.7. The van der Waals surface area contributed by atoms with Gasteiger partial charge in [0.05, 0.1) is 34.5 Å². The molecule has 0 saturated heterocycles. The van der Waals surface area contributed by atoms with Crippen LogP contribution in [0.2, 0.25) is 0 Å². The van der Waals surface area contributed by atoms with Crippen LogP contribution in [0.3, 0.4) is 0 Å². The van der Waals surface area contributed by atoms with Crippen molar-refractivity contribution >= 4 is 43.6 Å². The lowest BCUT2D eigenvalue weighted by molar-refractivity contribution is 0.953. The Kier molecular flexibility index (Phi) is 5.36. The fourth-order valence-electron chi connectivity index (χ4n) is 6.29. The number of aromatic nitrogens is 7. The number of fused-ring (bicyclic) bond motifs is 7. The second kappa shape index (κ2) is 9.68. The summed E-state index contributed by atoms with van der Waals surface area (Å²) in [4.78, 5) is 15.1. The Labute approximate surface area is 251 Å². The molecule has 0 amide bonds. The van der Waals surface area contributed by atoms with Gasteiger partial charge >= 0.3 is 0 Å². The van der Waals surface area contributed by atoms with Crippen LogP contribution in [0, 0.1) is 0 Å². The molecule has 9 aromatic rings. The minimum absolute atomic E-state index is 0.565. The van der Waals surface area contributed by atoms with Crippen molar-refractivity contribution in [1.29, 1.82) is 0 Å². The quantitative estimate of drug-likeness (QED) is 0.215. The van der Waals surface area contributed by atoms with Crippen molar-refractivity contribution in [2.45, 2.75) is 0 Å². The van der Waals surface area contributed by atoms with Gasteiger partial charge in [0.15, 0.2) is 11.6 Å². The largest absolute Gasteiger partial charge is 0.308 e. The first-order valence-corrected chi connectivity index (χ1v) is 14.4. The topological polar surface area (TPSA) is 74.3 Å². The third kappa shape index (κ3) is 3.66. The van der Waals surface area contributed by atoms with Crippen molar-refractivity contribution in [2.24, 2.45) is 0 Å². The van der Waals surface area contributed by atoms with Gasteiger partial charge in [-0.05, 0) is 30.3 Å². The summed E-state index contributed by atoms with van der Waals surface area (Å²) in [5.74, 6) is 1.81. The van der Waals surface area contributed by atoms with E-state index in [0.717, 1.165) is 60.4 Å². The third-order valence-electron chi connectivity index (χ3n) is 8.18. The SMILES string of the molecule is c1ccc(-c2nc(-c3ccccc3)nc(-n3c4ccccc4c4c5c6cnncc6n(-c6ccccc6)c5ccc43)n2)cc1. The van der Waals surface area contributed by atoms with Crippen LogP contribution in [-0.4, -0.2) is 34.3 Å². The van der Waals surface area contributed by atoms with Gasteiger partial charge in [0.1, 0.15) is 0 Å². The molecule has 0 radical (unpaired) electrons. The maximum absolute atomic E-state index is 5.08. The van der Waals surface area contributed by atoms with E-state index in [1.54, 1.807) is 0 Å². The number of hydrogen-bond acceptors (Lipinski definition) is 5. The summed E-state index contributed by atoms with van der Waals surface area (Å²) in [7, 11) is 0. The standard InChI is InChI=1S/C37H23N7/c1-4-12-24(13-5-1)35-40-36(25-14-6-2-7-15-25)42-37(41-35)44-29-19-11-10-18-27(29)33-31(44)21-20-30-34(33)28-22-38-39-23-32(28)43(30)26-16-8-3-9-17-26/h1-23H. The molecule has 44 heavy (non-hydrogen) atoms. The van der Waals surface area contributed by atoms with Gasteiger partial charge in [0, 0.05) is 38.4 Å². The normalized spacial score (nSPS) is 11.6. The van der Waals surface area contributed by atoms with Crippen molar-refractivity contribution in [1.82, 2.24) is 34.3 Å². The maximum Gasteiger partial charge on any atom is 0.238 e. The van der Waals surface area contributed by atoms with E-state index in [1.165, 1.54) is 0 Å². The molecule has 0 bridgehead atoms. The summed E-state index contributed by atoms with van der Waals surface area (Å²) in [6.07, 6.45) is 3.71. The molecule has 9 rings (SSSR count). The highest BCUT2D eigenvalue weighted by molar-refractivity contribution is 6.28. The molecule has 7 heteroatoms. The van der Waals surface area contributed by atoms with E-state index in [-0.39, 0.29) is 0 Å². The average Bonchev–Trinajstić information content (AvgIpc) is 3.62. The fourth-order valence-corrected chi connectivity index (χ4v) is 6.29. The lowest BCUT2D eigenvalue weighted by Crippen LogP contribution is -2.06. The van der Waals surface area contributed by atoms with Crippen LogP contribution in [0.25, 0.3) is 78.0 Å². The minimum Gasteiger partial charge on any atom is -0.308 e. The Balaban J connectivity index is 1.41. The molecule has 0 saturated carbocycles. The highest BCUT2D eigenvalue weighted by Crippen LogP contribution is 2.41. The number of nitrogens with zero attached hydrogens (tertiary/aromatic N) is 7. The van der Waals surface area contributed by atoms with Crippen LogP contribution >= 0.6 is 0 Å². The van der Waals surface area contributed by atoms with Crippen LogP contribution < -0.4 is 0 Å². The zero-order chi connectivity index (χ0) is 29.0. The Hall–Kier alpha value is -6.21. The number of para-hydroxylation sites is 2. The predicted octanol–water partition coefficient (Wildman–Crippen LogP) is 8.19. The Bertz CT molecular complexity index is 2420. The van der Waals surface area contributed by atoms with E-state index in [2.05, 4.69) is 80.0 Å². The van der Waals surface area contributed by atoms with Gasteiger partial charge in [-0.15, -0.1) is 0 Å². The van der Waals surface area contributed by atoms with E-state index in [0.29, 0.717) is 17.6 Å². The van der Waals surface area contributed by atoms with E-state index in [9.17, 15) is 0 Å². The Morgan fingerprint density at radius 3 is 1.61 bits per heavy atom. The van der Waals surface area contributed by atoms with Gasteiger partial charge in [-0.2, -0.15) is 20.2 Å². The zero-order valence-electron chi connectivity index (χ0n) is 23.4. The molecule has 0 aliphatic heterocycles. The van der Waals surface area contributed by atoms with Crippen molar-refractivity contribution < 1.29 is 0 Å². The first-order valence-electron chi connectivity index (χ1n) is 14.4. The molecule has 4 heterocycles. The minimum atomic E-state index is 0.565. The molecule has 0 N–H and O–H groups in total. The van der Waals surface area contributed by atoms with Gasteiger partial charge in [-0.1, -0.05) is 97.1 Å². The van der Waals surface area contributed by atoms with Crippen molar-refractivity contribution in [3.63, 3.8) is 0 Å². The molecule has 0 unspecified atom stereocenters. The number of hydrogen-bond donors (Lipinski definition) is 0. The molecule has 4 aromatic heterocycles. The number of benzene rings is 5. The molecule has 7 nitrogen and oxygen atoms in total. The summed E-state index contributed by atoms with van der Waals surface area (Å²) in [5, 5.41) is 13.0. The van der Waals surface area contributed by atoms with Gasteiger partial charge in [0.25, 0.3) is 0 Å². The Morgan fingerprint density at radius 2 is 0.932 bits per heavy atom. The van der Waals surface area contributed by atoms with E-state index >= 15 is 0 Å². The van der Waals surface area contributed by atoms with Crippen LogP contribution in [0.15, 0.2) is 140 Å². The van der Waals surface area contributed by atoms with Crippen LogP contribution in [0.5, 0.6) is 0 Å². The van der Waals surface area contributed by atoms with Gasteiger partial charge < -0.3 is 4.57 Å². The summed E-state index contributed by atoms with van der Waals surface area (Å²) in [5.41, 5.74) is 7.04. The molecule has 0 fully saturated rings. The first kappa shape index (κ1) is 24.4. The monoisotopic (exact) mass is 565 g/mol. The number of rotatable bonds is 4.